The SMILES string of the molecule is CN=C(NCc1ccc(OCCOC)nc1)NC1CC(C)(C)Oc2ccccc21.I. The van der Waals surface area contributed by atoms with Crippen LogP contribution >= 0.6 is 24.0 Å². The van der Waals surface area contributed by atoms with E-state index in [9.17, 15) is 0 Å². The van der Waals surface area contributed by atoms with Crippen molar-refractivity contribution in [1.29, 1.82) is 0 Å². The van der Waals surface area contributed by atoms with E-state index in [4.69, 9.17) is 14.2 Å². The van der Waals surface area contributed by atoms with E-state index >= 15 is 0 Å². The van der Waals surface area contributed by atoms with Gasteiger partial charge in [0.1, 0.15) is 18.0 Å². The van der Waals surface area contributed by atoms with Crippen molar-refractivity contribution in [2.24, 2.45) is 4.99 Å². The third-order valence-corrected chi connectivity index (χ3v) is 4.71. The van der Waals surface area contributed by atoms with E-state index in [-0.39, 0.29) is 35.6 Å². The molecule has 1 aliphatic heterocycles. The Morgan fingerprint density at radius 1 is 1.23 bits per heavy atom. The third-order valence-electron chi connectivity index (χ3n) is 4.71. The van der Waals surface area contributed by atoms with E-state index in [2.05, 4.69) is 40.5 Å². The number of benzene rings is 1. The smallest absolute Gasteiger partial charge is 0.213 e. The van der Waals surface area contributed by atoms with Gasteiger partial charge in [0, 0.05) is 44.9 Å². The number of nitrogens with one attached hydrogen (secondary N) is 2. The molecule has 0 fully saturated rings. The number of rotatable bonds is 7. The van der Waals surface area contributed by atoms with Gasteiger partial charge in [0.15, 0.2) is 5.96 Å². The number of fused-ring (bicyclic) bond motifs is 1. The van der Waals surface area contributed by atoms with E-state index in [1.165, 1.54) is 0 Å². The zero-order valence-electron chi connectivity index (χ0n) is 18.0. The van der Waals surface area contributed by atoms with Crippen molar-refractivity contribution in [2.75, 3.05) is 27.4 Å². The second-order valence-electron chi connectivity index (χ2n) is 7.57. The lowest BCUT2D eigenvalue weighted by atomic mass is 9.90. The first-order chi connectivity index (χ1) is 14.0. The molecule has 0 aliphatic carbocycles. The standard InChI is InChI=1S/C22H30N4O3.HI/c1-22(2)13-18(17-7-5-6-8-19(17)29-22)26-21(23-3)25-15-16-9-10-20(24-14-16)28-12-11-27-4;/h5-10,14,18H,11-13,15H2,1-4H3,(H2,23,25,26);1H. The number of para-hydroxylation sites is 1. The molecule has 1 aliphatic rings. The Kier molecular flexibility index (Phi) is 9.16. The summed E-state index contributed by atoms with van der Waals surface area (Å²) in [6, 6.07) is 12.1. The zero-order chi connectivity index (χ0) is 20.7. The molecule has 7 nitrogen and oxygen atoms in total. The molecule has 0 saturated heterocycles. The molecular weight excluding hydrogens is 495 g/mol. The first-order valence-corrected chi connectivity index (χ1v) is 9.82. The Balaban J connectivity index is 0.00000320. The molecule has 0 radical (unpaired) electrons. The minimum Gasteiger partial charge on any atom is -0.487 e. The van der Waals surface area contributed by atoms with Crippen molar-refractivity contribution in [2.45, 2.75) is 38.5 Å². The maximum absolute atomic E-state index is 6.11. The van der Waals surface area contributed by atoms with Gasteiger partial charge in [0.25, 0.3) is 0 Å². The minimum atomic E-state index is -0.243. The average molecular weight is 526 g/mol. The number of pyridine rings is 1. The molecular formula is C22H31IN4O3. The summed E-state index contributed by atoms with van der Waals surface area (Å²) in [5.74, 6) is 2.25. The molecule has 1 unspecified atom stereocenters. The van der Waals surface area contributed by atoms with Crippen LogP contribution < -0.4 is 20.1 Å². The predicted octanol–water partition coefficient (Wildman–Crippen LogP) is 3.69. The second-order valence-corrected chi connectivity index (χ2v) is 7.57. The molecule has 2 heterocycles. The van der Waals surface area contributed by atoms with Crippen LogP contribution in [-0.4, -0.2) is 43.9 Å². The Morgan fingerprint density at radius 2 is 2.03 bits per heavy atom. The van der Waals surface area contributed by atoms with Crippen LogP contribution in [0, 0.1) is 0 Å². The van der Waals surface area contributed by atoms with Gasteiger partial charge in [-0.25, -0.2) is 4.98 Å². The molecule has 1 aromatic heterocycles. The van der Waals surface area contributed by atoms with Crippen LogP contribution in [0.5, 0.6) is 11.6 Å². The minimum absolute atomic E-state index is 0. The Morgan fingerprint density at radius 3 is 2.73 bits per heavy atom. The largest absolute Gasteiger partial charge is 0.487 e. The number of halogens is 1. The molecule has 164 valence electrons. The lowest BCUT2D eigenvalue weighted by molar-refractivity contribution is 0.0694. The topological polar surface area (TPSA) is 77.0 Å². The molecule has 3 rings (SSSR count). The van der Waals surface area contributed by atoms with Crippen molar-refractivity contribution in [3.05, 3.63) is 53.7 Å². The fraction of sp³-hybridized carbons (Fsp3) is 0.455. The molecule has 2 aromatic rings. The maximum atomic E-state index is 6.11. The molecule has 1 atom stereocenters. The van der Waals surface area contributed by atoms with Gasteiger partial charge in [0.2, 0.25) is 5.88 Å². The number of nitrogens with zero attached hydrogens (tertiary/aromatic N) is 2. The lowest BCUT2D eigenvalue weighted by Gasteiger charge is -2.38. The highest BCUT2D eigenvalue weighted by atomic mass is 127. The summed E-state index contributed by atoms with van der Waals surface area (Å²) >= 11 is 0. The van der Waals surface area contributed by atoms with Gasteiger partial charge in [-0.05, 0) is 25.5 Å². The first kappa shape index (κ1) is 24.2. The summed E-state index contributed by atoms with van der Waals surface area (Å²) in [7, 11) is 3.42. The molecule has 0 bridgehead atoms. The summed E-state index contributed by atoms with van der Waals surface area (Å²) < 4.78 is 16.6. The fourth-order valence-corrected chi connectivity index (χ4v) is 3.31. The summed E-state index contributed by atoms with van der Waals surface area (Å²) in [5, 5.41) is 6.89. The molecule has 1 aromatic carbocycles. The number of methoxy groups -OCH3 is 1. The van der Waals surface area contributed by atoms with Gasteiger partial charge in [-0.15, -0.1) is 24.0 Å². The van der Waals surface area contributed by atoms with Crippen molar-refractivity contribution >= 4 is 29.9 Å². The monoisotopic (exact) mass is 526 g/mol. The Hall–Kier alpha value is -2.07. The van der Waals surface area contributed by atoms with E-state index < -0.39 is 0 Å². The van der Waals surface area contributed by atoms with E-state index in [0.29, 0.717) is 25.6 Å². The Labute approximate surface area is 195 Å². The summed E-state index contributed by atoms with van der Waals surface area (Å²) in [5.41, 5.74) is 1.95. The number of aromatic nitrogens is 1. The lowest BCUT2D eigenvalue weighted by Crippen LogP contribution is -2.45. The van der Waals surface area contributed by atoms with E-state index in [0.717, 1.165) is 29.3 Å². The number of hydrogen-bond donors (Lipinski definition) is 2. The maximum Gasteiger partial charge on any atom is 0.213 e. The molecule has 0 saturated carbocycles. The highest BCUT2D eigenvalue weighted by Gasteiger charge is 2.33. The molecule has 2 N–H and O–H groups in total. The average Bonchev–Trinajstić information content (AvgIpc) is 2.71. The molecule has 0 amide bonds. The van der Waals surface area contributed by atoms with Crippen LogP contribution in [-0.2, 0) is 11.3 Å². The van der Waals surface area contributed by atoms with Gasteiger partial charge in [-0.3, -0.25) is 4.99 Å². The van der Waals surface area contributed by atoms with Gasteiger partial charge in [0.05, 0.1) is 12.6 Å². The zero-order valence-corrected chi connectivity index (χ0v) is 20.3. The van der Waals surface area contributed by atoms with E-state index in [1.807, 2.05) is 30.3 Å². The quantitative estimate of drug-likeness (QED) is 0.248. The third kappa shape index (κ3) is 6.73. The van der Waals surface area contributed by atoms with Gasteiger partial charge in [-0.2, -0.15) is 0 Å². The number of ether oxygens (including phenoxy) is 3. The van der Waals surface area contributed by atoms with Crippen LogP contribution in [0.3, 0.4) is 0 Å². The van der Waals surface area contributed by atoms with Gasteiger partial charge in [-0.1, -0.05) is 24.3 Å². The normalized spacial score (nSPS) is 17.2. The number of aliphatic imine (C=N–C) groups is 1. The highest BCUT2D eigenvalue weighted by molar-refractivity contribution is 14.0. The highest BCUT2D eigenvalue weighted by Crippen LogP contribution is 2.39. The van der Waals surface area contributed by atoms with Crippen LogP contribution in [0.2, 0.25) is 0 Å². The van der Waals surface area contributed by atoms with Gasteiger partial charge >= 0.3 is 0 Å². The van der Waals surface area contributed by atoms with Crippen LogP contribution in [0.1, 0.15) is 37.4 Å². The molecule has 30 heavy (non-hydrogen) atoms. The summed E-state index contributed by atoms with van der Waals surface area (Å²) in [6.45, 7) is 5.85. The van der Waals surface area contributed by atoms with Crippen LogP contribution in [0.4, 0.5) is 0 Å². The number of hydrogen-bond acceptors (Lipinski definition) is 5. The predicted molar refractivity (Wildman–Crippen MR) is 129 cm³/mol. The van der Waals surface area contributed by atoms with Crippen molar-refractivity contribution < 1.29 is 14.2 Å². The second kappa shape index (κ2) is 11.4. The Bertz CT molecular complexity index is 827. The molecule has 8 heteroatoms. The van der Waals surface area contributed by atoms with Crippen molar-refractivity contribution in [3.63, 3.8) is 0 Å². The first-order valence-electron chi connectivity index (χ1n) is 9.82. The van der Waals surface area contributed by atoms with Crippen LogP contribution in [0.25, 0.3) is 0 Å². The van der Waals surface area contributed by atoms with Crippen molar-refractivity contribution in [1.82, 2.24) is 15.6 Å². The molecule has 0 spiro atoms. The fourth-order valence-electron chi connectivity index (χ4n) is 3.31. The van der Waals surface area contributed by atoms with Crippen LogP contribution in [0.15, 0.2) is 47.6 Å². The van der Waals surface area contributed by atoms with Crippen molar-refractivity contribution in [3.8, 4) is 11.6 Å². The summed E-state index contributed by atoms with van der Waals surface area (Å²) in [4.78, 5) is 8.70. The van der Waals surface area contributed by atoms with E-state index in [1.54, 1.807) is 20.4 Å². The summed E-state index contributed by atoms with van der Waals surface area (Å²) in [6.07, 6.45) is 2.65. The number of guanidine groups is 1. The van der Waals surface area contributed by atoms with Gasteiger partial charge < -0.3 is 24.8 Å².